The number of hydrogen-bond acceptors (Lipinski definition) is 6. The van der Waals surface area contributed by atoms with Gasteiger partial charge in [-0.2, -0.15) is 5.26 Å². The number of piperidine rings is 1. The predicted molar refractivity (Wildman–Crippen MR) is 127 cm³/mol. The molecule has 8 heteroatoms. The molecular formula is C25H22ClN7. The number of fused-ring (bicyclic) bond motifs is 2. The van der Waals surface area contributed by atoms with E-state index in [1.165, 1.54) is 11.1 Å². The van der Waals surface area contributed by atoms with E-state index < -0.39 is 0 Å². The summed E-state index contributed by atoms with van der Waals surface area (Å²) in [6.07, 6.45) is 12.3. The highest BCUT2D eigenvalue weighted by Crippen LogP contribution is 2.50. The summed E-state index contributed by atoms with van der Waals surface area (Å²) in [4.78, 5) is 16.0. The molecule has 0 amide bonds. The maximum absolute atomic E-state index is 9.34. The summed E-state index contributed by atoms with van der Waals surface area (Å²) < 4.78 is 2.00. The Labute approximate surface area is 196 Å². The Morgan fingerprint density at radius 1 is 1.12 bits per heavy atom. The fourth-order valence-electron chi connectivity index (χ4n) is 5.50. The molecule has 1 aliphatic carbocycles. The van der Waals surface area contributed by atoms with Crippen LogP contribution in [-0.4, -0.2) is 32.4 Å². The van der Waals surface area contributed by atoms with Crippen molar-refractivity contribution in [1.29, 1.82) is 5.26 Å². The second-order valence-electron chi connectivity index (χ2n) is 8.95. The normalized spacial score (nSPS) is 19.1. The van der Waals surface area contributed by atoms with Crippen molar-refractivity contribution in [2.24, 2.45) is 11.1 Å². The highest BCUT2D eigenvalue weighted by atomic mass is 35.5. The molecule has 1 aromatic carbocycles. The first-order valence-corrected chi connectivity index (χ1v) is 11.4. The van der Waals surface area contributed by atoms with E-state index in [0.717, 1.165) is 49.2 Å². The van der Waals surface area contributed by atoms with Gasteiger partial charge in [-0.25, -0.2) is 9.97 Å². The van der Waals surface area contributed by atoms with Gasteiger partial charge in [-0.05, 0) is 54.0 Å². The number of rotatable bonds is 2. The van der Waals surface area contributed by atoms with Gasteiger partial charge in [0.05, 0.1) is 16.8 Å². The van der Waals surface area contributed by atoms with Crippen molar-refractivity contribution >= 4 is 22.9 Å². The third-order valence-corrected chi connectivity index (χ3v) is 7.75. The van der Waals surface area contributed by atoms with Crippen LogP contribution in [0.2, 0.25) is 5.02 Å². The molecule has 7 nitrogen and oxygen atoms in total. The average Bonchev–Trinajstić information content (AvgIpc) is 3.39. The third kappa shape index (κ3) is 3.02. The zero-order chi connectivity index (χ0) is 22.6. The Hall–Kier alpha value is -3.47. The molecular weight excluding hydrogens is 434 g/mol. The Kier molecular flexibility index (Phi) is 4.61. The lowest BCUT2D eigenvalue weighted by molar-refractivity contribution is 0.187. The average molecular weight is 456 g/mol. The van der Waals surface area contributed by atoms with Gasteiger partial charge in [-0.15, -0.1) is 0 Å². The summed E-state index contributed by atoms with van der Waals surface area (Å²) in [6, 6.07) is 9.70. The molecule has 1 spiro atoms. The van der Waals surface area contributed by atoms with Crippen LogP contribution in [0.3, 0.4) is 0 Å². The van der Waals surface area contributed by atoms with Crippen molar-refractivity contribution < 1.29 is 0 Å². The molecule has 6 rings (SSSR count). The van der Waals surface area contributed by atoms with Gasteiger partial charge in [0.2, 0.25) is 0 Å². The second-order valence-corrected chi connectivity index (χ2v) is 9.32. The van der Waals surface area contributed by atoms with Gasteiger partial charge in [0.15, 0.2) is 5.82 Å². The Morgan fingerprint density at radius 3 is 2.76 bits per heavy atom. The summed E-state index contributed by atoms with van der Waals surface area (Å²) in [5.41, 5.74) is 11.4. The van der Waals surface area contributed by atoms with Crippen molar-refractivity contribution in [2.75, 3.05) is 18.0 Å². The van der Waals surface area contributed by atoms with Gasteiger partial charge in [0.25, 0.3) is 0 Å². The first kappa shape index (κ1) is 20.2. The fraction of sp³-hybridized carbons (Fsp3) is 0.280. The SMILES string of the molecule is N#Cc1cccc(-c2ncc3c(N4CCC5(CC4)Cc4ccncc4C5N)nccn23)c1Cl. The van der Waals surface area contributed by atoms with Crippen molar-refractivity contribution in [3.8, 4) is 17.5 Å². The van der Waals surface area contributed by atoms with Gasteiger partial charge in [-0.1, -0.05) is 17.7 Å². The lowest BCUT2D eigenvalue weighted by Gasteiger charge is -2.42. The van der Waals surface area contributed by atoms with Gasteiger partial charge >= 0.3 is 0 Å². The number of anilines is 1. The molecule has 2 aliphatic rings. The number of hydrogen-bond donors (Lipinski definition) is 1. The van der Waals surface area contributed by atoms with Crippen LogP contribution in [0.25, 0.3) is 16.9 Å². The zero-order valence-electron chi connectivity index (χ0n) is 17.9. The first-order valence-electron chi connectivity index (χ1n) is 11.1. The quantitative estimate of drug-likeness (QED) is 0.487. The monoisotopic (exact) mass is 455 g/mol. The van der Waals surface area contributed by atoms with Crippen LogP contribution in [0.15, 0.2) is 55.2 Å². The highest BCUT2D eigenvalue weighted by Gasteiger charge is 2.46. The summed E-state index contributed by atoms with van der Waals surface area (Å²) in [6.45, 7) is 1.76. The van der Waals surface area contributed by atoms with Crippen molar-refractivity contribution in [2.45, 2.75) is 25.3 Å². The first-order chi connectivity index (χ1) is 16.1. The molecule has 3 aromatic heterocycles. The summed E-state index contributed by atoms with van der Waals surface area (Å²) in [5, 5.41) is 9.75. The van der Waals surface area contributed by atoms with E-state index in [1.807, 2.05) is 41.3 Å². The van der Waals surface area contributed by atoms with Crippen molar-refractivity contribution in [3.05, 3.63) is 77.0 Å². The predicted octanol–water partition coefficient (Wildman–Crippen LogP) is 4.16. The maximum atomic E-state index is 9.34. The molecule has 164 valence electrons. The molecule has 0 radical (unpaired) electrons. The minimum absolute atomic E-state index is 0.0308. The molecule has 1 saturated heterocycles. The molecule has 4 aromatic rings. The summed E-state index contributed by atoms with van der Waals surface area (Å²) in [7, 11) is 0. The molecule has 0 saturated carbocycles. The van der Waals surface area contributed by atoms with Crippen LogP contribution in [0, 0.1) is 16.7 Å². The Balaban J connectivity index is 1.31. The topological polar surface area (TPSA) is 96.1 Å². The third-order valence-electron chi connectivity index (χ3n) is 7.34. The van der Waals surface area contributed by atoms with Crippen LogP contribution >= 0.6 is 11.6 Å². The lowest BCUT2D eigenvalue weighted by Crippen LogP contribution is -2.44. The molecule has 2 N–H and O–H groups in total. The summed E-state index contributed by atoms with van der Waals surface area (Å²) >= 11 is 6.49. The molecule has 0 bridgehead atoms. The van der Waals surface area contributed by atoms with E-state index in [1.54, 1.807) is 12.3 Å². The largest absolute Gasteiger partial charge is 0.355 e. The smallest absolute Gasteiger partial charge is 0.154 e. The van der Waals surface area contributed by atoms with E-state index in [2.05, 4.69) is 27.0 Å². The fourth-order valence-corrected chi connectivity index (χ4v) is 5.75. The van der Waals surface area contributed by atoms with Crippen molar-refractivity contribution in [1.82, 2.24) is 19.4 Å². The number of halogens is 1. The Bertz CT molecular complexity index is 1410. The second kappa shape index (κ2) is 7.55. The molecule has 1 atom stereocenters. The number of nitrogens with two attached hydrogens (primary N) is 1. The van der Waals surface area contributed by atoms with Gasteiger partial charge < -0.3 is 10.6 Å². The van der Waals surface area contributed by atoms with Crippen LogP contribution in [-0.2, 0) is 6.42 Å². The van der Waals surface area contributed by atoms with Gasteiger partial charge in [-0.3, -0.25) is 9.38 Å². The van der Waals surface area contributed by atoms with E-state index in [9.17, 15) is 5.26 Å². The maximum Gasteiger partial charge on any atom is 0.154 e. The van der Waals surface area contributed by atoms with E-state index in [4.69, 9.17) is 22.3 Å². The van der Waals surface area contributed by atoms with E-state index >= 15 is 0 Å². The minimum atomic E-state index is 0.0308. The minimum Gasteiger partial charge on any atom is -0.355 e. The number of pyridine rings is 1. The summed E-state index contributed by atoms with van der Waals surface area (Å²) in [5.74, 6) is 1.61. The van der Waals surface area contributed by atoms with Crippen LogP contribution < -0.4 is 10.6 Å². The van der Waals surface area contributed by atoms with Crippen LogP contribution in [0.1, 0.15) is 35.6 Å². The number of benzene rings is 1. The molecule has 1 unspecified atom stereocenters. The number of nitriles is 1. The molecule has 4 heterocycles. The van der Waals surface area contributed by atoms with Crippen LogP contribution in [0.4, 0.5) is 5.82 Å². The van der Waals surface area contributed by atoms with E-state index in [-0.39, 0.29) is 11.5 Å². The molecule has 1 aliphatic heterocycles. The van der Waals surface area contributed by atoms with Crippen LogP contribution in [0.5, 0.6) is 0 Å². The molecule has 33 heavy (non-hydrogen) atoms. The van der Waals surface area contributed by atoms with E-state index in [0.29, 0.717) is 16.4 Å². The Morgan fingerprint density at radius 2 is 1.97 bits per heavy atom. The number of nitrogens with zero attached hydrogens (tertiary/aromatic N) is 6. The molecule has 1 fully saturated rings. The highest BCUT2D eigenvalue weighted by molar-refractivity contribution is 6.34. The lowest BCUT2D eigenvalue weighted by atomic mass is 9.73. The zero-order valence-corrected chi connectivity index (χ0v) is 18.7. The van der Waals surface area contributed by atoms with Gasteiger partial charge in [0, 0.05) is 49.5 Å². The number of aromatic nitrogens is 4. The van der Waals surface area contributed by atoms with Gasteiger partial charge in [0.1, 0.15) is 17.4 Å². The standard InChI is InChI=1S/C25H22ClN7/c26-21-17(13-27)2-1-3-18(21)23-31-15-20-24(30-8-11-33(20)23)32-9-5-25(6-10-32)12-16-4-7-29-14-19(16)22(25)28/h1-4,7-8,11,14-15,22H,5-6,9-10,12,28H2. The number of imidazole rings is 1. The van der Waals surface area contributed by atoms with Crippen molar-refractivity contribution in [3.63, 3.8) is 0 Å².